The van der Waals surface area contributed by atoms with E-state index in [2.05, 4.69) is 25.8 Å². The van der Waals surface area contributed by atoms with Crippen molar-refractivity contribution >= 4 is 39.8 Å². The number of carbonyl (C=O) groups is 2. The molecule has 0 N–H and O–H groups in total. The second-order valence-electron chi connectivity index (χ2n) is 7.80. The van der Waals surface area contributed by atoms with Crippen LogP contribution < -0.4 is 4.90 Å². The van der Waals surface area contributed by atoms with Crippen molar-refractivity contribution in [2.24, 2.45) is 5.92 Å². The van der Waals surface area contributed by atoms with Crippen molar-refractivity contribution in [3.63, 3.8) is 0 Å². The molecule has 0 amide bonds. The van der Waals surface area contributed by atoms with Gasteiger partial charge in [-0.05, 0) is 62.2 Å². The van der Waals surface area contributed by atoms with E-state index in [0.717, 1.165) is 35.4 Å². The Kier molecular flexibility index (Phi) is 7.03. The number of anilines is 1. The average Bonchev–Trinajstić information content (AvgIpc) is 3.00. The topological polar surface area (TPSA) is 68.7 Å². The van der Waals surface area contributed by atoms with Crippen LogP contribution in [0.5, 0.6) is 0 Å². The standard InChI is InChI=1S/C20H27BrN2O4/c1-13(19(25)27-20(3,4)5)8-16-9-17(21)10-22-18(16)23-7-6-15(11-23)12-26-14(2)24/h8-10,15H,6-7,11-12H2,1-5H3/b13-8+. The van der Waals surface area contributed by atoms with Gasteiger partial charge in [0, 0.05) is 47.7 Å². The zero-order valence-electron chi connectivity index (χ0n) is 16.5. The Morgan fingerprint density at radius 2 is 2.07 bits per heavy atom. The molecule has 0 spiro atoms. The minimum Gasteiger partial charge on any atom is -0.466 e. The largest absolute Gasteiger partial charge is 0.466 e. The molecule has 2 heterocycles. The van der Waals surface area contributed by atoms with Gasteiger partial charge in [0.25, 0.3) is 0 Å². The first-order valence-electron chi connectivity index (χ1n) is 9.00. The van der Waals surface area contributed by atoms with Crippen LogP contribution >= 0.6 is 15.9 Å². The second kappa shape index (κ2) is 8.87. The van der Waals surface area contributed by atoms with E-state index < -0.39 is 5.60 Å². The number of hydrogen-bond donors (Lipinski definition) is 0. The first-order chi connectivity index (χ1) is 12.5. The van der Waals surface area contributed by atoms with Gasteiger partial charge in [-0.2, -0.15) is 0 Å². The van der Waals surface area contributed by atoms with Crippen LogP contribution in [0.3, 0.4) is 0 Å². The maximum absolute atomic E-state index is 12.3. The highest BCUT2D eigenvalue weighted by Gasteiger charge is 2.26. The number of esters is 2. The normalized spacial score (nSPS) is 17.8. The zero-order chi connectivity index (χ0) is 20.2. The molecular weight excluding hydrogens is 412 g/mol. The molecule has 1 aromatic rings. The molecule has 0 radical (unpaired) electrons. The van der Waals surface area contributed by atoms with Gasteiger partial charge in [-0.15, -0.1) is 0 Å². The van der Waals surface area contributed by atoms with Gasteiger partial charge < -0.3 is 14.4 Å². The molecule has 1 unspecified atom stereocenters. The molecule has 1 aliphatic heterocycles. The maximum Gasteiger partial charge on any atom is 0.334 e. The monoisotopic (exact) mass is 438 g/mol. The first kappa shape index (κ1) is 21.4. The average molecular weight is 439 g/mol. The lowest BCUT2D eigenvalue weighted by molar-refractivity contribution is -0.149. The van der Waals surface area contributed by atoms with Gasteiger partial charge in [0.2, 0.25) is 0 Å². The molecule has 27 heavy (non-hydrogen) atoms. The summed E-state index contributed by atoms with van der Waals surface area (Å²) in [6.07, 6.45) is 4.48. The van der Waals surface area contributed by atoms with Gasteiger partial charge in [0.05, 0.1) is 6.61 Å². The fraction of sp³-hybridized carbons (Fsp3) is 0.550. The highest BCUT2D eigenvalue weighted by molar-refractivity contribution is 9.10. The van der Waals surface area contributed by atoms with Gasteiger partial charge in [0.1, 0.15) is 11.4 Å². The summed E-state index contributed by atoms with van der Waals surface area (Å²) >= 11 is 3.45. The molecular formula is C20H27BrN2O4. The van der Waals surface area contributed by atoms with E-state index in [9.17, 15) is 9.59 Å². The third-order valence-corrected chi connectivity index (χ3v) is 4.50. The highest BCUT2D eigenvalue weighted by atomic mass is 79.9. The van der Waals surface area contributed by atoms with Crippen LogP contribution in [0, 0.1) is 5.92 Å². The molecule has 7 heteroatoms. The molecule has 1 saturated heterocycles. The molecule has 0 bridgehead atoms. The van der Waals surface area contributed by atoms with E-state index >= 15 is 0 Å². The summed E-state index contributed by atoms with van der Waals surface area (Å²) in [5.41, 5.74) is 0.825. The number of ether oxygens (including phenoxy) is 2. The van der Waals surface area contributed by atoms with Crippen molar-refractivity contribution in [1.82, 2.24) is 4.98 Å². The molecule has 1 atom stereocenters. The van der Waals surface area contributed by atoms with Gasteiger partial charge in [-0.25, -0.2) is 9.78 Å². The van der Waals surface area contributed by atoms with Crippen LogP contribution in [0.25, 0.3) is 6.08 Å². The van der Waals surface area contributed by atoms with Crippen molar-refractivity contribution in [1.29, 1.82) is 0 Å². The molecule has 1 aromatic heterocycles. The molecule has 1 fully saturated rings. The number of hydrogen-bond acceptors (Lipinski definition) is 6. The fourth-order valence-corrected chi connectivity index (χ4v) is 3.21. The van der Waals surface area contributed by atoms with Crippen molar-refractivity contribution in [2.45, 2.75) is 46.6 Å². The van der Waals surface area contributed by atoms with Crippen LogP contribution in [0.4, 0.5) is 5.82 Å². The van der Waals surface area contributed by atoms with Gasteiger partial charge >= 0.3 is 11.9 Å². The summed E-state index contributed by atoms with van der Waals surface area (Å²) in [6, 6.07) is 1.94. The van der Waals surface area contributed by atoms with E-state index in [1.165, 1.54) is 6.92 Å². The fourth-order valence-electron chi connectivity index (χ4n) is 2.87. The Bertz CT molecular complexity index is 740. The number of nitrogens with zero attached hydrogens (tertiary/aromatic N) is 2. The van der Waals surface area contributed by atoms with Crippen molar-refractivity contribution < 1.29 is 19.1 Å². The quantitative estimate of drug-likeness (QED) is 0.511. The minimum absolute atomic E-state index is 0.258. The SMILES string of the molecule is CC(=O)OCC1CCN(c2ncc(Br)cc2/C=C(\C)C(=O)OC(C)(C)C)C1. The summed E-state index contributed by atoms with van der Waals surface area (Å²) in [7, 11) is 0. The summed E-state index contributed by atoms with van der Waals surface area (Å²) in [5.74, 6) is 0.490. The van der Waals surface area contributed by atoms with Crippen LogP contribution in [0.1, 0.15) is 46.6 Å². The van der Waals surface area contributed by atoms with E-state index in [-0.39, 0.29) is 17.9 Å². The molecule has 1 aliphatic rings. The Morgan fingerprint density at radius 1 is 1.37 bits per heavy atom. The third-order valence-electron chi connectivity index (χ3n) is 4.06. The molecule has 6 nitrogen and oxygen atoms in total. The minimum atomic E-state index is -0.538. The summed E-state index contributed by atoms with van der Waals surface area (Å²) in [5, 5.41) is 0. The highest BCUT2D eigenvalue weighted by Crippen LogP contribution is 2.29. The van der Waals surface area contributed by atoms with E-state index in [0.29, 0.717) is 12.2 Å². The summed E-state index contributed by atoms with van der Waals surface area (Å²) in [4.78, 5) is 30.0. The predicted octanol–water partition coefficient (Wildman–Crippen LogP) is 3.98. The van der Waals surface area contributed by atoms with Crippen molar-refractivity contribution in [2.75, 3.05) is 24.6 Å². The van der Waals surface area contributed by atoms with Crippen LogP contribution in [0.15, 0.2) is 22.3 Å². The molecule has 0 aliphatic carbocycles. The van der Waals surface area contributed by atoms with Crippen LogP contribution in [0.2, 0.25) is 0 Å². The first-order valence-corrected chi connectivity index (χ1v) is 9.80. The zero-order valence-corrected chi connectivity index (χ0v) is 18.1. The number of carbonyl (C=O) groups excluding carboxylic acids is 2. The van der Waals surface area contributed by atoms with Gasteiger partial charge in [-0.1, -0.05) is 0 Å². The number of halogens is 1. The maximum atomic E-state index is 12.3. The second-order valence-corrected chi connectivity index (χ2v) is 8.71. The lowest BCUT2D eigenvalue weighted by Crippen LogP contribution is -2.25. The Morgan fingerprint density at radius 3 is 2.70 bits per heavy atom. The summed E-state index contributed by atoms with van der Waals surface area (Å²) < 4.78 is 11.4. The van der Waals surface area contributed by atoms with E-state index in [4.69, 9.17) is 9.47 Å². The van der Waals surface area contributed by atoms with E-state index in [1.807, 2.05) is 26.8 Å². The van der Waals surface area contributed by atoms with Crippen LogP contribution in [-0.2, 0) is 19.1 Å². The molecule has 0 saturated carbocycles. The lowest BCUT2D eigenvalue weighted by Gasteiger charge is -2.21. The summed E-state index contributed by atoms with van der Waals surface area (Å²) in [6.45, 7) is 10.7. The Hall–Kier alpha value is -1.89. The molecule has 148 valence electrons. The smallest absolute Gasteiger partial charge is 0.334 e. The van der Waals surface area contributed by atoms with Crippen molar-refractivity contribution in [3.8, 4) is 0 Å². The predicted molar refractivity (Wildman–Crippen MR) is 108 cm³/mol. The van der Waals surface area contributed by atoms with E-state index in [1.54, 1.807) is 19.2 Å². The Balaban J connectivity index is 2.19. The van der Waals surface area contributed by atoms with Crippen LogP contribution in [-0.4, -0.2) is 42.2 Å². The van der Waals surface area contributed by atoms with Gasteiger partial charge in [0.15, 0.2) is 0 Å². The molecule has 2 rings (SSSR count). The number of rotatable bonds is 5. The van der Waals surface area contributed by atoms with Gasteiger partial charge in [-0.3, -0.25) is 4.79 Å². The number of aromatic nitrogens is 1. The lowest BCUT2D eigenvalue weighted by atomic mass is 10.1. The molecule has 0 aromatic carbocycles. The number of pyridine rings is 1. The third kappa shape index (κ3) is 6.65. The Labute approximate surface area is 169 Å². The van der Waals surface area contributed by atoms with Crippen molar-refractivity contribution in [3.05, 3.63) is 27.9 Å².